The third-order valence-electron chi connectivity index (χ3n) is 3.25. The van der Waals surface area contributed by atoms with Crippen LogP contribution in [0.1, 0.15) is 20.8 Å². The first-order chi connectivity index (χ1) is 11.0. The van der Waals surface area contributed by atoms with Crippen molar-refractivity contribution in [3.8, 4) is 0 Å². The molecule has 1 aliphatic rings. The van der Waals surface area contributed by atoms with E-state index in [4.69, 9.17) is 0 Å². The second-order valence-electron chi connectivity index (χ2n) is 4.57. The Hall–Kier alpha value is -2.61. The molecule has 1 aliphatic carbocycles. The number of fused-ring (bicyclic) bond motifs is 1. The minimum absolute atomic E-state index is 0.00505. The summed E-state index contributed by atoms with van der Waals surface area (Å²) in [6.45, 7) is 0. The number of allylic oxidation sites excluding steroid dienone is 2. The molecule has 0 amide bonds. The van der Waals surface area contributed by atoms with Gasteiger partial charge in [0.2, 0.25) is 11.6 Å². The van der Waals surface area contributed by atoms with E-state index in [1.807, 2.05) is 0 Å². The Labute approximate surface area is 133 Å². The molecule has 2 aromatic rings. The van der Waals surface area contributed by atoms with Crippen LogP contribution in [0.2, 0.25) is 0 Å². The predicted octanol–water partition coefficient (Wildman–Crippen LogP) is 2.82. The van der Waals surface area contributed by atoms with Crippen LogP contribution in [-0.2, 0) is 0 Å². The number of benzene rings is 1. The molecule has 1 aromatic heterocycles. The SMILES string of the molecule is CSC1=C(Nc2c(F)cccc2F)C(=O)c2cncnc2C1=O. The molecular weight excluding hydrogens is 324 g/mol. The Morgan fingerprint density at radius 2 is 1.83 bits per heavy atom. The number of para-hydroxylation sites is 1. The van der Waals surface area contributed by atoms with E-state index in [9.17, 15) is 18.4 Å². The fraction of sp³-hybridized carbons (Fsp3) is 0.0667. The molecule has 5 nitrogen and oxygen atoms in total. The van der Waals surface area contributed by atoms with Gasteiger partial charge in [0, 0.05) is 6.20 Å². The van der Waals surface area contributed by atoms with Gasteiger partial charge in [0.15, 0.2) is 0 Å². The summed E-state index contributed by atoms with van der Waals surface area (Å²) in [5, 5.41) is 2.42. The number of carbonyl (C=O) groups excluding carboxylic acids is 2. The van der Waals surface area contributed by atoms with Crippen LogP contribution in [-0.4, -0.2) is 27.8 Å². The van der Waals surface area contributed by atoms with Crippen molar-refractivity contribution in [1.29, 1.82) is 0 Å². The molecule has 1 N–H and O–H groups in total. The first-order valence-corrected chi connectivity index (χ1v) is 7.65. The maximum atomic E-state index is 13.8. The molecular formula is C15H9F2N3O2S. The van der Waals surface area contributed by atoms with Gasteiger partial charge in [-0.15, -0.1) is 11.8 Å². The summed E-state index contributed by atoms with van der Waals surface area (Å²) in [5.74, 6) is -2.82. The summed E-state index contributed by atoms with van der Waals surface area (Å²) in [4.78, 5) is 32.5. The lowest BCUT2D eigenvalue weighted by Gasteiger charge is -2.20. The number of anilines is 1. The quantitative estimate of drug-likeness (QED) is 0.931. The average molecular weight is 333 g/mol. The van der Waals surface area contributed by atoms with Crippen molar-refractivity contribution in [3.63, 3.8) is 0 Å². The van der Waals surface area contributed by atoms with E-state index in [1.165, 1.54) is 12.3 Å². The summed E-state index contributed by atoms with van der Waals surface area (Å²) >= 11 is 1.00. The van der Waals surface area contributed by atoms with Gasteiger partial charge in [-0.1, -0.05) is 6.07 Å². The Bertz CT molecular complexity index is 847. The van der Waals surface area contributed by atoms with Crippen molar-refractivity contribution in [1.82, 2.24) is 9.97 Å². The van der Waals surface area contributed by atoms with Crippen LogP contribution in [0.4, 0.5) is 14.5 Å². The monoisotopic (exact) mass is 333 g/mol. The zero-order valence-electron chi connectivity index (χ0n) is 11.8. The number of nitrogens with zero attached hydrogens (tertiary/aromatic N) is 2. The van der Waals surface area contributed by atoms with Crippen LogP contribution in [0.3, 0.4) is 0 Å². The van der Waals surface area contributed by atoms with Gasteiger partial charge in [0.25, 0.3) is 0 Å². The molecule has 0 radical (unpaired) electrons. The summed E-state index contributed by atoms with van der Waals surface area (Å²) in [6, 6.07) is 3.31. The maximum Gasteiger partial charge on any atom is 0.220 e. The van der Waals surface area contributed by atoms with Crippen molar-refractivity contribution in [2.24, 2.45) is 0 Å². The summed E-state index contributed by atoms with van der Waals surface area (Å²) < 4.78 is 27.6. The van der Waals surface area contributed by atoms with E-state index in [0.29, 0.717) is 0 Å². The molecule has 0 unspecified atom stereocenters. The highest BCUT2D eigenvalue weighted by atomic mass is 32.2. The Morgan fingerprint density at radius 1 is 1.13 bits per heavy atom. The van der Waals surface area contributed by atoms with E-state index < -0.39 is 28.9 Å². The number of thioether (sulfide) groups is 1. The van der Waals surface area contributed by atoms with Crippen molar-refractivity contribution >= 4 is 29.0 Å². The minimum Gasteiger partial charge on any atom is -0.346 e. The van der Waals surface area contributed by atoms with E-state index in [1.54, 1.807) is 6.26 Å². The molecule has 0 atom stereocenters. The summed E-state index contributed by atoms with van der Waals surface area (Å²) in [7, 11) is 0. The number of hydrogen-bond acceptors (Lipinski definition) is 6. The Kier molecular flexibility index (Phi) is 3.91. The van der Waals surface area contributed by atoms with Crippen LogP contribution in [0.15, 0.2) is 41.3 Å². The van der Waals surface area contributed by atoms with Gasteiger partial charge in [-0.2, -0.15) is 0 Å². The smallest absolute Gasteiger partial charge is 0.220 e. The Morgan fingerprint density at radius 3 is 2.48 bits per heavy atom. The lowest BCUT2D eigenvalue weighted by atomic mass is 9.98. The molecule has 0 fully saturated rings. The first-order valence-electron chi connectivity index (χ1n) is 6.43. The van der Waals surface area contributed by atoms with Gasteiger partial charge in [0.1, 0.15) is 35.0 Å². The van der Waals surface area contributed by atoms with E-state index >= 15 is 0 Å². The molecule has 0 saturated carbocycles. The third-order valence-corrected chi connectivity index (χ3v) is 4.05. The van der Waals surface area contributed by atoms with Crippen molar-refractivity contribution in [3.05, 3.63) is 64.2 Å². The first kappa shape index (κ1) is 15.3. The van der Waals surface area contributed by atoms with Gasteiger partial charge in [0.05, 0.1) is 10.5 Å². The zero-order valence-corrected chi connectivity index (χ0v) is 12.6. The van der Waals surface area contributed by atoms with Crippen LogP contribution < -0.4 is 5.32 Å². The summed E-state index contributed by atoms with van der Waals surface area (Å²) in [6.07, 6.45) is 3.96. The van der Waals surface area contributed by atoms with Crippen LogP contribution in [0, 0.1) is 11.6 Å². The fourth-order valence-electron chi connectivity index (χ4n) is 2.19. The fourth-order valence-corrected chi connectivity index (χ4v) is 2.82. The van der Waals surface area contributed by atoms with Gasteiger partial charge in [-0.3, -0.25) is 9.59 Å². The van der Waals surface area contributed by atoms with Gasteiger partial charge < -0.3 is 5.32 Å². The number of ketones is 2. The highest BCUT2D eigenvalue weighted by Gasteiger charge is 2.34. The average Bonchev–Trinajstić information content (AvgIpc) is 2.55. The molecule has 0 spiro atoms. The number of Topliss-reactive ketones (excluding diaryl/α,β-unsaturated/α-hetero) is 2. The van der Waals surface area contributed by atoms with Gasteiger partial charge in [-0.05, 0) is 18.4 Å². The highest BCUT2D eigenvalue weighted by molar-refractivity contribution is 8.03. The molecule has 1 aromatic carbocycles. The van der Waals surface area contributed by atoms with Crippen LogP contribution >= 0.6 is 11.8 Å². The van der Waals surface area contributed by atoms with E-state index in [0.717, 1.165) is 30.2 Å². The number of carbonyl (C=O) groups is 2. The van der Waals surface area contributed by atoms with E-state index in [-0.39, 0.29) is 21.9 Å². The maximum absolute atomic E-state index is 13.8. The topological polar surface area (TPSA) is 72.0 Å². The van der Waals surface area contributed by atoms with Gasteiger partial charge in [-0.25, -0.2) is 18.7 Å². The highest BCUT2D eigenvalue weighted by Crippen LogP contribution is 2.32. The minimum atomic E-state index is -0.867. The number of halogens is 2. The summed E-state index contributed by atoms with van der Waals surface area (Å²) in [5.41, 5.74) is -0.701. The Balaban J connectivity index is 2.13. The van der Waals surface area contributed by atoms with Crippen molar-refractivity contribution < 1.29 is 18.4 Å². The predicted molar refractivity (Wildman–Crippen MR) is 81.2 cm³/mol. The number of aromatic nitrogens is 2. The van der Waals surface area contributed by atoms with Crippen LogP contribution in [0.5, 0.6) is 0 Å². The molecule has 23 heavy (non-hydrogen) atoms. The lowest BCUT2D eigenvalue weighted by molar-refractivity contribution is 0.0978. The molecule has 3 rings (SSSR count). The van der Waals surface area contributed by atoms with E-state index in [2.05, 4.69) is 15.3 Å². The molecule has 8 heteroatoms. The third kappa shape index (κ3) is 2.50. The molecule has 116 valence electrons. The van der Waals surface area contributed by atoms with Crippen LogP contribution in [0.25, 0.3) is 0 Å². The van der Waals surface area contributed by atoms with Crippen molar-refractivity contribution in [2.75, 3.05) is 11.6 Å². The molecule has 0 aliphatic heterocycles. The second-order valence-corrected chi connectivity index (χ2v) is 5.39. The molecule has 1 heterocycles. The molecule has 0 bridgehead atoms. The largest absolute Gasteiger partial charge is 0.346 e. The second kappa shape index (κ2) is 5.88. The number of hydrogen-bond donors (Lipinski definition) is 1. The zero-order chi connectivity index (χ0) is 16.6. The lowest BCUT2D eigenvalue weighted by Crippen LogP contribution is -2.26. The normalized spacial score (nSPS) is 14.0. The number of rotatable bonds is 3. The van der Waals surface area contributed by atoms with Gasteiger partial charge >= 0.3 is 0 Å². The van der Waals surface area contributed by atoms with Crippen molar-refractivity contribution in [2.45, 2.75) is 0 Å². The number of nitrogens with one attached hydrogen (secondary N) is 1. The molecule has 0 saturated heterocycles. The standard InChI is InChI=1S/C15H9F2N3O2S/c1-23-15-12(20-11-8(16)3-2-4-9(11)17)13(21)7-5-18-6-19-10(7)14(15)22/h2-6,20H,1H3.